The van der Waals surface area contributed by atoms with Crippen LogP contribution in [0.5, 0.6) is 0 Å². The SMILES string of the molecule is CC(C)(C)OC(=O)N1[C@H](C(=O)OCCl)CC[C@H]1c1ccccc1. The highest BCUT2D eigenvalue weighted by Crippen LogP contribution is 2.37. The summed E-state index contributed by atoms with van der Waals surface area (Å²) in [6, 6.07) is 8.50. The van der Waals surface area contributed by atoms with Gasteiger partial charge in [0, 0.05) is 0 Å². The quantitative estimate of drug-likeness (QED) is 0.619. The van der Waals surface area contributed by atoms with Crippen LogP contribution < -0.4 is 0 Å². The van der Waals surface area contributed by atoms with Crippen molar-refractivity contribution in [3.8, 4) is 0 Å². The Labute approximate surface area is 141 Å². The fraction of sp³-hybridized carbons (Fsp3) is 0.529. The Morgan fingerprint density at radius 1 is 1.22 bits per heavy atom. The molecule has 0 spiro atoms. The van der Waals surface area contributed by atoms with E-state index in [9.17, 15) is 9.59 Å². The first-order valence-electron chi connectivity index (χ1n) is 7.62. The molecule has 0 unspecified atom stereocenters. The van der Waals surface area contributed by atoms with Crippen molar-refractivity contribution in [2.24, 2.45) is 0 Å². The summed E-state index contributed by atoms with van der Waals surface area (Å²) in [5, 5.41) is 0. The molecule has 1 aromatic carbocycles. The minimum atomic E-state index is -0.672. The first-order chi connectivity index (χ1) is 10.8. The van der Waals surface area contributed by atoms with Crippen molar-refractivity contribution in [3.05, 3.63) is 35.9 Å². The van der Waals surface area contributed by atoms with Gasteiger partial charge in [-0.05, 0) is 39.2 Å². The number of alkyl halides is 1. The number of ether oxygens (including phenoxy) is 2. The summed E-state index contributed by atoms with van der Waals surface area (Å²) in [5.41, 5.74) is 0.335. The van der Waals surface area contributed by atoms with Crippen molar-refractivity contribution < 1.29 is 19.1 Å². The Bertz CT molecular complexity index is 555. The van der Waals surface area contributed by atoms with Crippen molar-refractivity contribution in [1.29, 1.82) is 0 Å². The highest BCUT2D eigenvalue weighted by molar-refractivity contribution is 6.17. The van der Waals surface area contributed by atoms with Gasteiger partial charge in [-0.25, -0.2) is 9.59 Å². The fourth-order valence-corrected chi connectivity index (χ4v) is 2.87. The molecule has 1 aromatic rings. The number of esters is 1. The molecule has 0 bridgehead atoms. The van der Waals surface area contributed by atoms with Gasteiger partial charge in [0.15, 0.2) is 6.07 Å². The van der Waals surface area contributed by atoms with Crippen molar-refractivity contribution in [2.75, 3.05) is 6.07 Å². The van der Waals surface area contributed by atoms with E-state index >= 15 is 0 Å². The third-order valence-corrected chi connectivity index (χ3v) is 3.75. The van der Waals surface area contributed by atoms with E-state index in [-0.39, 0.29) is 12.1 Å². The average molecular weight is 340 g/mol. The van der Waals surface area contributed by atoms with Crippen LogP contribution in [0.15, 0.2) is 30.3 Å². The number of benzene rings is 1. The number of likely N-dealkylation sites (tertiary alicyclic amines) is 1. The number of carbonyl (C=O) groups is 2. The van der Waals surface area contributed by atoms with Crippen molar-refractivity contribution in [2.45, 2.75) is 51.3 Å². The molecule has 1 amide bonds. The first kappa shape index (κ1) is 17.6. The van der Waals surface area contributed by atoms with Crippen LogP contribution in [0, 0.1) is 0 Å². The van der Waals surface area contributed by atoms with Crippen LogP contribution in [-0.4, -0.2) is 34.7 Å². The number of rotatable bonds is 3. The molecule has 1 heterocycles. The average Bonchev–Trinajstić information content (AvgIpc) is 2.91. The molecule has 0 saturated carbocycles. The van der Waals surface area contributed by atoms with Gasteiger partial charge >= 0.3 is 12.1 Å². The van der Waals surface area contributed by atoms with Gasteiger partial charge in [-0.1, -0.05) is 41.9 Å². The molecule has 23 heavy (non-hydrogen) atoms. The predicted molar refractivity (Wildman–Crippen MR) is 87.1 cm³/mol. The van der Waals surface area contributed by atoms with E-state index in [2.05, 4.69) is 0 Å². The number of amides is 1. The van der Waals surface area contributed by atoms with Crippen LogP contribution in [0.2, 0.25) is 0 Å². The van der Waals surface area contributed by atoms with Gasteiger partial charge in [0.2, 0.25) is 0 Å². The Balaban J connectivity index is 2.28. The van der Waals surface area contributed by atoms with E-state index in [1.807, 2.05) is 30.3 Å². The Morgan fingerprint density at radius 3 is 2.43 bits per heavy atom. The highest BCUT2D eigenvalue weighted by Gasteiger charge is 2.44. The topological polar surface area (TPSA) is 55.8 Å². The molecule has 126 valence electrons. The maximum Gasteiger partial charge on any atom is 0.411 e. The molecule has 2 rings (SSSR count). The van der Waals surface area contributed by atoms with Crippen LogP contribution >= 0.6 is 11.6 Å². The van der Waals surface area contributed by atoms with Gasteiger partial charge in [0.05, 0.1) is 6.04 Å². The Morgan fingerprint density at radius 2 is 1.87 bits per heavy atom. The first-order valence-corrected chi connectivity index (χ1v) is 8.16. The lowest BCUT2D eigenvalue weighted by Gasteiger charge is -2.31. The summed E-state index contributed by atoms with van der Waals surface area (Å²) >= 11 is 5.48. The molecule has 5 nitrogen and oxygen atoms in total. The highest BCUT2D eigenvalue weighted by atomic mass is 35.5. The molecule has 0 N–H and O–H groups in total. The maximum absolute atomic E-state index is 12.6. The maximum atomic E-state index is 12.6. The van der Waals surface area contributed by atoms with E-state index in [0.29, 0.717) is 12.8 Å². The van der Waals surface area contributed by atoms with Gasteiger partial charge in [0.25, 0.3) is 0 Å². The van der Waals surface area contributed by atoms with E-state index in [0.717, 1.165) is 5.56 Å². The van der Waals surface area contributed by atoms with Gasteiger partial charge < -0.3 is 9.47 Å². The second kappa shape index (κ2) is 7.21. The lowest BCUT2D eigenvalue weighted by molar-refractivity contribution is -0.147. The van der Waals surface area contributed by atoms with Crippen LogP contribution in [0.25, 0.3) is 0 Å². The summed E-state index contributed by atoms with van der Waals surface area (Å²) in [7, 11) is 0. The van der Waals surface area contributed by atoms with Crippen molar-refractivity contribution >= 4 is 23.7 Å². The molecule has 1 fully saturated rings. The number of halogens is 1. The summed E-state index contributed by atoms with van der Waals surface area (Å²) in [6.07, 6.45) is 0.681. The van der Waals surface area contributed by atoms with Gasteiger partial charge in [-0.3, -0.25) is 4.90 Å². The minimum Gasteiger partial charge on any atom is -0.448 e. The summed E-state index contributed by atoms with van der Waals surface area (Å²) in [6.45, 7) is 5.39. The molecule has 0 aromatic heterocycles. The lowest BCUT2D eigenvalue weighted by Crippen LogP contribution is -2.45. The number of hydrogen-bond acceptors (Lipinski definition) is 4. The zero-order chi connectivity index (χ0) is 17.0. The normalized spacial score (nSPS) is 21.1. The van der Waals surface area contributed by atoms with Crippen molar-refractivity contribution in [3.63, 3.8) is 0 Å². The van der Waals surface area contributed by atoms with Gasteiger partial charge in [-0.15, -0.1) is 0 Å². The number of carbonyl (C=O) groups excluding carboxylic acids is 2. The predicted octanol–water partition coefficient (Wildman–Crippen LogP) is 3.87. The minimum absolute atomic E-state index is 0.209. The van der Waals surface area contributed by atoms with E-state index in [4.69, 9.17) is 21.1 Å². The summed E-state index contributed by atoms with van der Waals surface area (Å²) in [4.78, 5) is 26.3. The molecule has 6 heteroatoms. The molecule has 1 aliphatic rings. The summed E-state index contributed by atoms with van der Waals surface area (Å²) < 4.78 is 10.4. The fourth-order valence-electron chi connectivity index (χ4n) is 2.76. The molecular weight excluding hydrogens is 318 g/mol. The second-order valence-electron chi connectivity index (χ2n) is 6.48. The Hall–Kier alpha value is -1.75. The van der Waals surface area contributed by atoms with Crippen LogP contribution in [0.3, 0.4) is 0 Å². The summed E-state index contributed by atoms with van der Waals surface area (Å²) in [5.74, 6) is -0.496. The van der Waals surface area contributed by atoms with Crippen LogP contribution in [0.1, 0.15) is 45.2 Å². The zero-order valence-electron chi connectivity index (χ0n) is 13.6. The number of nitrogens with zero attached hydrogens (tertiary/aromatic N) is 1. The molecule has 2 atom stereocenters. The van der Waals surface area contributed by atoms with Gasteiger partial charge in [0.1, 0.15) is 11.6 Å². The number of hydrogen-bond donors (Lipinski definition) is 0. The monoisotopic (exact) mass is 339 g/mol. The van der Waals surface area contributed by atoms with Crippen molar-refractivity contribution in [1.82, 2.24) is 4.90 Å². The molecule has 0 aliphatic carbocycles. The van der Waals surface area contributed by atoms with Gasteiger partial charge in [-0.2, -0.15) is 0 Å². The van der Waals surface area contributed by atoms with E-state index in [1.165, 1.54) is 4.90 Å². The lowest BCUT2D eigenvalue weighted by atomic mass is 10.1. The molecule has 0 radical (unpaired) electrons. The third kappa shape index (κ3) is 4.38. The molecular formula is C17H22ClNO4. The molecule has 1 aliphatic heterocycles. The zero-order valence-corrected chi connectivity index (χ0v) is 14.4. The standard InChI is InChI=1S/C17H22ClNO4/c1-17(2,3)23-16(21)19-13(12-7-5-4-6-8-12)9-10-14(19)15(20)22-11-18/h4-8,13-14H,9-11H2,1-3H3/t13-,14-/m0/s1. The Kier molecular flexibility index (Phi) is 5.52. The van der Waals surface area contributed by atoms with Crippen LogP contribution in [-0.2, 0) is 14.3 Å². The smallest absolute Gasteiger partial charge is 0.411 e. The van der Waals surface area contributed by atoms with E-state index in [1.54, 1.807) is 20.8 Å². The van der Waals surface area contributed by atoms with Crippen LogP contribution in [0.4, 0.5) is 4.79 Å². The third-order valence-electron chi connectivity index (χ3n) is 3.64. The largest absolute Gasteiger partial charge is 0.448 e. The van der Waals surface area contributed by atoms with E-state index < -0.39 is 23.7 Å². The second-order valence-corrected chi connectivity index (χ2v) is 6.70. The molecule has 1 saturated heterocycles.